The summed E-state index contributed by atoms with van der Waals surface area (Å²) in [6.45, 7) is 7.21. The molecule has 2 heteroatoms. The highest BCUT2D eigenvalue weighted by Gasteiger charge is 2.37. The highest BCUT2D eigenvalue weighted by atomic mass is 32.2. The SMILES string of the molecule is CC1SCCC1NC1CCCC1(C)C. The van der Waals surface area contributed by atoms with E-state index < -0.39 is 0 Å². The molecule has 0 amide bonds. The summed E-state index contributed by atoms with van der Waals surface area (Å²) in [5.74, 6) is 1.35. The molecule has 1 heterocycles. The van der Waals surface area contributed by atoms with Crippen LogP contribution in [-0.4, -0.2) is 23.1 Å². The van der Waals surface area contributed by atoms with Gasteiger partial charge < -0.3 is 5.32 Å². The molecule has 1 aliphatic carbocycles. The molecule has 1 N–H and O–H groups in total. The summed E-state index contributed by atoms with van der Waals surface area (Å²) in [5.41, 5.74) is 0.535. The molecule has 1 saturated heterocycles. The summed E-state index contributed by atoms with van der Waals surface area (Å²) < 4.78 is 0. The minimum atomic E-state index is 0.535. The fraction of sp³-hybridized carbons (Fsp3) is 1.00. The van der Waals surface area contributed by atoms with Crippen molar-refractivity contribution in [2.75, 3.05) is 5.75 Å². The van der Waals surface area contributed by atoms with E-state index in [1.54, 1.807) is 0 Å². The van der Waals surface area contributed by atoms with Gasteiger partial charge in [0.15, 0.2) is 0 Å². The Morgan fingerprint density at radius 3 is 2.57 bits per heavy atom. The summed E-state index contributed by atoms with van der Waals surface area (Å²) in [5, 5.41) is 4.72. The summed E-state index contributed by atoms with van der Waals surface area (Å²) in [6, 6.07) is 1.55. The Morgan fingerprint density at radius 1 is 1.29 bits per heavy atom. The topological polar surface area (TPSA) is 12.0 Å². The van der Waals surface area contributed by atoms with Gasteiger partial charge in [-0.25, -0.2) is 0 Å². The lowest BCUT2D eigenvalue weighted by molar-refractivity contribution is 0.260. The molecule has 1 nitrogen and oxygen atoms in total. The van der Waals surface area contributed by atoms with Crippen molar-refractivity contribution in [3.8, 4) is 0 Å². The molecule has 0 aromatic carbocycles. The zero-order chi connectivity index (χ0) is 10.2. The summed E-state index contributed by atoms with van der Waals surface area (Å²) >= 11 is 2.13. The monoisotopic (exact) mass is 213 g/mol. The summed E-state index contributed by atoms with van der Waals surface area (Å²) in [7, 11) is 0. The lowest BCUT2D eigenvalue weighted by Crippen LogP contribution is -2.46. The van der Waals surface area contributed by atoms with E-state index in [9.17, 15) is 0 Å². The third-order valence-corrected chi connectivity index (χ3v) is 5.37. The molecule has 2 fully saturated rings. The molecule has 0 bridgehead atoms. The quantitative estimate of drug-likeness (QED) is 0.756. The van der Waals surface area contributed by atoms with Gasteiger partial charge in [0.25, 0.3) is 0 Å². The summed E-state index contributed by atoms with van der Waals surface area (Å²) in [6.07, 6.45) is 5.58. The Morgan fingerprint density at radius 2 is 2.07 bits per heavy atom. The van der Waals surface area contributed by atoms with E-state index in [0.29, 0.717) is 5.41 Å². The minimum Gasteiger partial charge on any atom is -0.310 e. The average molecular weight is 213 g/mol. The van der Waals surface area contributed by atoms with E-state index in [0.717, 1.165) is 17.3 Å². The molecule has 2 aliphatic rings. The van der Waals surface area contributed by atoms with Crippen molar-refractivity contribution in [2.45, 2.75) is 63.8 Å². The standard InChI is InChI=1S/C12H23NS/c1-9-10(6-8-14-9)13-11-5-4-7-12(11,2)3/h9-11,13H,4-8H2,1-3H3. The summed E-state index contributed by atoms with van der Waals surface area (Å²) in [4.78, 5) is 0. The van der Waals surface area contributed by atoms with Gasteiger partial charge >= 0.3 is 0 Å². The van der Waals surface area contributed by atoms with Crippen LogP contribution < -0.4 is 5.32 Å². The van der Waals surface area contributed by atoms with Crippen LogP contribution in [0.5, 0.6) is 0 Å². The second-order valence-electron chi connectivity index (χ2n) is 5.57. The second kappa shape index (κ2) is 4.05. The molecule has 3 atom stereocenters. The number of hydrogen-bond donors (Lipinski definition) is 1. The Balaban J connectivity index is 1.90. The number of rotatable bonds is 2. The van der Waals surface area contributed by atoms with Gasteiger partial charge in [-0.15, -0.1) is 0 Å². The van der Waals surface area contributed by atoms with Crippen molar-refractivity contribution in [1.82, 2.24) is 5.32 Å². The number of thioether (sulfide) groups is 1. The first kappa shape index (κ1) is 10.8. The smallest absolute Gasteiger partial charge is 0.0194 e. The highest BCUT2D eigenvalue weighted by Crippen LogP contribution is 2.38. The van der Waals surface area contributed by atoms with Gasteiger partial charge in [-0.2, -0.15) is 11.8 Å². The van der Waals surface area contributed by atoms with E-state index >= 15 is 0 Å². The lowest BCUT2D eigenvalue weighted by atomic mass is 9.86. The highest BCUT2D eigenvalue weighted by molar-refractivity contribution is 8.00. The zero-order valence-electron chi connectivity index (χ0n) is 9.68. The Kier molecular flexibility index (Phi) is 3.13. The van der Waals surface area contributed by atoms with E-state index in [4.69, 9.17) is 0 Å². The van der Waals surface area contributed by atoms with E-state index in [-0.39, 0.29) is 0 Å². The maximum absolute atomic E-state index is 3.90. The van der Waals surface area contributed by atoms with Crippen LogP contribution in [0.3, 0.4) is 0 Å². The van der Waals surface area contributed by atoms with Gasteiger partial charge in [0.05, 0.1) is 0 Å². The molecule has 0 spiro atoms. The normalized spacial score (nSPS) is 41.8. The first-order valence-corrected chi connectivity index (χ1v) is 7.02. The Hall–Kier alpha value is 0.310. The third-order valence-electron chi connectivity index (χ3n) is 4.05. The Bertz CT molecular complexity index is 202. The molecular weight excluding hydrogens is 190 g/mol. The maximum Gasteiger partial charge on any atom is 0.0194 e. The van der Waals surface area contributed by atoms with Crippen LogP contribution in [0.25, 0.3) is 0 Å². The van der Waals surface area contributed by atoms with Crippen molar-refractivity contribution in [3.63, 3.8) is 0 Å². The molecule has 0 aromatic rings. The van der Waals surface area contributed by atoms with E-state index in [1.165, 1.54) is 31.4 Å². The molecule has 0 aromatic heterocycles. The Labute approximate surface area is 92.4 Å². The van der Waals surface area contributed by atoms with E-state index in [2.05, 4.69) is 37.8 Å². The van der Waals surface area contributed by atoms with Crippen LogP contribution in [0.4, 0.5) is 0 Å². The van der Waals surface area contributed by atoms with Crippen molar-refractivity contribution < 1.29 is 0 Å². The van der Waals surface area contributed by atoms with Gasteiger partial charge in [0.2, 0.25) is 0 Å². The number of nitrogens with one attached hydrogen (secondary N) is 1. The van der Waals surface area contributed by atoms with Crippen molar-refractivity contribution in [3.05, 3.63) is 0 Å². The van der Waals surface area contributed by atoms with Crippen LogP contribution in [0.2, 0.25) is 0 Å². The molecular formula is C12H23NS. The van der Waals surface area contributed by atoms with Crippen molar-refractivity contribution in [2.24, 2.45) is 5.41 Å². The van der Waals surface area contributed by atoms with Crippen LogP contribution in [-0.2, 0) is 0 Å². The van der Waals surface area contributed by atoms with Gasteiger partial charge in [0, 0.05) is 17.3 Å². The second-order valence-corrected chi connectivity index (χ2v) is 7.06. The minimum absolute atomic E-state index is 0.535. The molecule has 3 unspecified atom stereocenters. The predicted octanol–water partition coefficient (Wildman–Crippen LogP) is 3.05. The van der Waals surface area contributed by atoms with Crippen molar-refractivity contribution in [1.29, 1.82) is 0 Å². The first-order chi connectivity index (χ1) is 6.59. The maximum atomic E-state index is 3.90. The van der Waals surface area contributed by atoms with Gasteiger partial charge in [-0.1, -0.05) is 27.2 Å². The fourth-order valence-corrected chi connectivity index (χ4v) is 4.05. The lowest BCUT2D eigenvalue weighted by Gasteiger charge is -2.31. The van der Waals surface area contributed by atoms with Gasteiger partial charge in [-0.3, -0.25) is 0 Å². The van der Waals surface area contributed by atoms with Crippen LogP contribution in [0.15, 0.2) is 0 Å². The third kappa shape index (κ3) is 2.11. The van der Waals surface area contributed by atoms with Crippen LogP contribution >= 0.6 is 11.8 Å². The zero-order valence-corrected chi connectivity index (χ0v) is 10.5. The van der Waals surface area contributed by atoms with Crippen molar-refractivity contribution >= 4 is 11.8 Å². The molecule has 1 saturated carbocycles. The largest absolute Gasteiger partial charge is 0.310 e. The predicted molar refractivity (Wildman–Crippen MR) is 64.9 cm³/mol. The van der Waals surface area contributed by atoms with Gasteiger partial charge in [0.1, 0.15) is 0 Å². The van der Waals surface area contributed by atoms with Crippen LogP contribution in [0.1, 0.15) is 46.5 Å². The average Bonchev–Trinajstić information content (AvgIpc) is 2.62. The fourth-order valence-electron chi connectivity index (χ4n) is 2.84. The first-order valence-electron chi connectivity index (χ1n) is 5.97. The van der Waals surface area contributed by atoms with E-state index in [1.807, 2.05) is 0 Å². The molecule has 82 valence electrons. The number of hydrogen-bond acceptors (Lipinski definition) is 2. The van der Waals surface area contributed by atoms with Crippen LogP contribution in [0, 0.1) is 5.41 Å². The molecule has 0 radical (unpaired) electrons. The van der Waals surface area contributed by atoms with Gasteiger partial charge in [-0.05, 0) is 30.4 Å². The molecule has 14 heavy (non-hydrogen) atoms. The molecule has 1 aliphatic heterocycles. The molecule has 2 rings (SSSR count).